The molecule has 1 saturated carbocycles. The fourth-order valence-corrected chi connectivity index (χ4v) is 4.38. The number of amides is 1. The lowest BCUT2D eigenvalue weighted by Crippen LogP contribution is -2.12. The van der Waals surface area contributed by atoms with Crippen LogP contribution in [0.2, 0.25) is 0 Å². The number of nitrogens with one attached hydrogen (secondary N) is 3. The Bertz CT molecular complexity index is 1260. The molecule has 0 aliphatic heterocycles. The van der Waals surface area contributed by atoms with E-state index in [0.717, 1.165) is 39.1 Å². The van der Waals surface area contributed by atoms with Gasteiger partial charge in [-0.1, -0.05) is 18.2 Å². The molecule has 0 radical (unpaired) electrons. The maximum atomic E-state index is 12.0. The number of aromatic nitrogens is 4. The van der Waals surface area contributed by atoms with E-state index in [4.69, 9.17) is 0 Å². The van der Waals surface area contributed by atoms with E-state index in [2.05, 4.69) is 35.9 Å². The fourth-order valence-electron chi connectivity index (χ4n) is 2.97. The highest BCUT2D eigenvalue weighted by Gasteiger charge is 2.29. The van der Waals surface area contributed by atoms with Gasteiger partial charge in [0.25, 0.3) is 0 Å². The molecule has 1 aliphatic carbocycles. The Morgan fingerprint density at radius 2 is 1.67 bits per heavy atom. The number of hydrogen-bond donors (Lipinski definition) is 3. The van der Waals surface area contributed by atoms with E-state index in [1.807, 2.05) is 61.5 Å². The number of nitrogens with zero attached hydrogens (tertiary/aromatic N) is 4. The summed E-state index contributed by atoms with van der Waals surface area (Å²) < 4.78 is 0. The van der Waals surface area contributed by atoms with Crippen LogP contribution in [0.4, 0.5) is 28.4 Å². The van der Waals surface area contributed by atoms with Gasteiger partial charge in [-0.05, 0) is 67.9 Å². The van der Waals surface area contributed by atoms with E-state index in [0.29, 0.717) is 17.1 Å². The molecule has 2 heterocycles. The second-order valence-electron chi connectivity index (χ2n) is 7.55. The van der Waals surface area contributed by atoms with Crippen molar-refractivity contribution < 1.29 is 4.79 Å². The van der Waals surface area contributed by atoms with E-state index in [1.165, 1.54) is 23.1 Å². The van der Waals surface area contributed by atoms with Crippen LogP contribution in [-0.4, -0.2) is 25.8 Å². The molecular weight excluding hydrogens is 454 g/mol. The van der Waals surface area contributed by atoms with Crippen molar-refractivity contribution in [1.29, 1.82) is 0 Å². The number of rotatable bonds is 8. The molecule has 10 heteroatoms. The number of para-hydroxylation sites is 1. The monoisotopic (exact) mass is 475 g/mol. The van der Waals surface area contributed by atoms with Gasteiger partial charge in [0, 0.05) is 33.3 Å². The minimum absolute atomic E-state index is 0.0950. The standard InChI is InChI=1S/C23H21N7OS2/c1-14-13-24-22(32-14)28-21-27-20(26-16-5-3-2-4-6-16)29-23(30-21)33-18-11-9-17(10-12-18)25-19(31)15-7-8-15/h2-6,9-13,15H,7-8H2,1H3,(H,25,31)(H2,24,26,27,28,29,30). The molecule has 0 bridgehead atoms. The lowest BCUT2D eigenvalue weighted by Gasteiger charge is -2.09. The largest absolute Gasteiger partial charge is 0.326 e. The van der Waals surface area contributed by atoms with Crippen LogP contribution in [-0.2, 0) is 4.79 Å². The summed E-state index contributed by atoms with van der Waals surface area (Å²) in [5, 5.41) is 10.6. The van der Waals surface area contributed by atoms with Crippen LogP contribution in [0.1, 0.15) is 17.7 Å². The number of anilines is 5. The van der Waals surface area contributed by atoms with Crippen LogP contribution in [0.5, 0.6) is 0 Å². The van der Waals surface area contributed by atoms with E-state index < -0.39 is 0 Å². The molecule has 4 aromatic rings. The van der Waals surface area contributed by atoms with Gasteiger partial charge in [0.1, 0.15) is 0 Å². The minimum Gasteiger partial charge on any atom is -0.326 e. The molecule has 1 fully saturated rings. The molecule has 0 saturated heterocycles. The van der Waals surface area contributed by atoms with Gasteiger partial charge < -0.3 is 10.6 Å². The van der Waals surface area contributed by atoms with Gasteiger partial charge in [0.15, 0.2) is 10.3 Å². The first kappa shape index (κ1) is 21.4. The van der Waals surface area contributed by atoms with E-state index in [9.17, 15) is 4.79 Å². The highest BCUT2D eigenvalue weighted by molar-refractivity contribution is 7.99. The quantitative estimate of drug-likeness (QED) is 0.301. The lowest BCUT2D eigenvalue weighted by atomic mass is 10.3. The smallest absolute Gasteiger partial charge is 0.234 e. The van der Waals surface area contributed by atoms with Crippen LogP contribution in [0.3, 0.4) is 0 Å². The van der Waals surface area contributed by atoms with Gasteiger partial charge in [-0.3, -0.25) is 10.1 Å². The molecule has 2 aromatic carbocycles. The van der Waals surface area contributed by atoms with Crippen molar-refractivity contribution in [2.75, 3.05) is 16.0 Å². The molecule has 1 aliphatic rings. The Morgan fingerprint density at radius 3 is 2.33 bits per heavy atom. The van der Waals surface area contributed by atoms with E-state index in [-0.39, 0.29) is 11.8 Å². The van der Waals surface area contributed by atoms with Gasteiger partial charge in [0.2, 0.25) is 17.8 Å². The number of aryl methyl sites for hydroxylation is 1. The van der Waals surface area contributed by atoms with Crippen LogP contribution in [0.15, 0.2) is 70.8 Å². The third-order valence-electron chi connectivity index (χ3n) is 4.76. The first-order chi connectivity index (χ1) is 16.1. The van der Waals surface area contributed by atoms with Crippen LogP contribution in [0.25, 0.3) is 0 Å². The van der Waals surface area contributed by atoms with Gasteiger partial charge >= 0.3 is 0 Å². The summed E-state index contributed by atoms with van der Waals surface area (Å²) in [5.74, 6) is 1.11. The first-order valence-electron chi connectivity index (χ1n) is 10.5. The molecule has 3 N–H and O–H groups in total. The summed E-state index contributed by atoms with van der Waals surface area (Å²) in [5.41, 5.74) is 1.67. The number of hydrogen-bond acceptors (Lipinski definition) is 9. The Morgan fingerprint density at radius 1 is 0.939 bits per heavy atom. The van der Waals surface area contributed by atoms with Gasteiger partial charge in [-0.25, -0.2) is 4.98 Å². The molecule has 1 amide bonds. The van der Waals surface area contributed by atoms with Crippen LogP contribution in [0, 0.1) is 12.8 Å². The third-order valence-corrected chi connectivity index (χ3v) is 6.47. The average Bonchev–Trinajstić information content (AvgIpc) is 3.58. The van der Waals surface area contributed by atoms with Crippen molar-refractivity contribution in [3.8, 4) is 0 Å². The van der Waals surface area contributed by atoms with Gasteiger partial charge in [-0.15, -0.1) is 11.3 Å². The lowest BCUT2D eigenvalue weighted by molar-refractivity contribution is -0.117. The summed E-state index contributed by atoms with van der Waals surface area (Å²) in [6, 6.07) is 17.4. The van der Waals surface area contributed by atoms with Crippen molar-refractivity contribution >= 4 is 57.4 Å². The third kappa shape index (κ3) is 5.85. The number of carbonyl (C=O) groups is 1. The molecule has 166 valence electrons. The second-order valence-corrected chi connectivity index (χ2v) is 9.82. The topological polar surface area (TPSA) is 105 Å². The predicted molar refractivity (Wildman–Crippen MR) is 132 cm³/mol. The summed E-state index contributed by atoms with van der Waals surface area (Å²) >= 11 is 2.95. The normalized spacial score (nSPS) is 12.9. The van der Waals surface area contributed by atoms with Crippen molar-refractivity contribution in [1.82, 2.24) is 19.9 Å². The van der Waals surface area contributed by atoms with Crippen molar-refractivity contribution in [2.24, 2.45) is 5.92 Å². The van der Waals surface area contributed by atoms with Crippen molar-refractivity contribution in [2.45, 2.75) is 29.8 Å². The van der Waals surface area contributed by atoms with Crippen LogP contribution >= 0.6 is 23.1 Å². The highest BCUT2D eigenvalue weighted by atomic mass is 32.2. The SMILES string of the molecule is Cc1cnc(Nc2nc(Nc3ccccc3)nc(Sc3ccc(NC(=O)C4CC4)cc3)n2)s1. The second kappa shape index (κ2) is 9.55. The first-order valence-corrected chi connectivity index (χ1v) is 12.1. The van der Waals surface area contributed by atoms with E-state index >= 15 is 0 Å². The molecule has 0 unspecified atom stereocenters. The Labute approximate surface area is 199 Å². The minimum atomic E-state index is 0.0950. The molecule has 0 spiro atoms. The van der Waals surface area contributed by atoms with Crippen molar-refractivity contribution in [3.05, 3.63) is 65.7 Å². The molecule has 33 heavy (non-hydrogen) atoms. The number of carbonyl (C=O) groups excluding carboxylic acids is 1. The Hall–Kier alpha value is -3.50. The Kier molecular flexibility index (Phi) is 6.18. The van der Waals surface area contributed by atoms with Gasteiger partial charge in [-0.2, -0.15) is 15.0 Å². The molecule has 8 nitrogen and oxygen atoms in total. The van der Waals surface area contributed by atoms with Crippen molar-refractivity contribution in [3.63, 3.8) is 0 Å². The highest BCUT2D eigenvalue weighted by Crippen LogP contribution is 2.32. The summed E-state index contributed by atoms with van der Waals surface area (Å²) in [4.78, 5) is 32.0. The number of benzene rings is 2. The molecule has 5 rings (SSSR count). The van der Waals surface area contributed by atoms with Crippen LogP contribution < -0.4 is 16.0 Å². The predicted octanol–water partition coefficient (Wildman–Crippen LogP) is 5.62. The Balaban J connectivity index is 1.36. The zero-order chi connectivity index (χ0) is 22.6. The molecule has 0 atom stereocenters. The molecule has 2 aromatic heterocycles. The average molecular weight is 476 g/mol. The zero-order valence-electron chi connectivity index (χ0n) is 17.8. The summed E-state index contributed by atoms with van der Waals surface area (Å²) in [7, 11) is 0. The number of thiazole rings is 1. The van der Waals surface area contributed by atoms with E-state index in [1.54, 1.807) is 6.20 Å². The maximum absolute atomic E-state index is 12.0. The maximum Gasteiger partial charge on any atom is 0.234 e. The zero-order valence-corrected chi connectivity index (χ0v) is 19.4. The molecular formula is C23H21N7OS2. The summed E-state index contributed by atoms with van der Waals surface area (Å²) in [6.07, 6.45) is 3.77. The van der Waals surface area contributed by atoms with Gasteiger partial charge in [0.05, 0.1) is 0 Å². The fraction of sp³-hybridized carbons (Fsp3) is 0.174. The summed E-state index contributed by atoms with van der Waals surface area (Å²) in [6.45, 7) is 2.00.